The number of aromatic nitrogens is 1. The highest BCUT2D eigenvalue weighted by atomic mass is 19.1. The minimum Gasteiger partial charge on any atom is -0.311 e. The summed E-state index contributed by atoms with van der Waals surface area (Å²) in [6, 6.07) is 8.35. The molecule has 0 radical (unpaired) electrons. The van der Waals surface area contributed by atoms with Crippen molar-refractivity contribution in [1.82, 2.24) is 4.98 Å². The Hall–Kier alpha value is -2.23. The van der Waals surface area contributed by atoms with Gasteiger partial charge in [-0.25, -0.2) is 4.39 Å². The van der Waals surface area contributed by atoms with Crippen LogP contribution in [-0.4, -0.2) is 17.4 Å². The van der Waals surface area contributed by atoms with Gasteiger partial charge in [0, 0.05) is 25.2 Å². The molecular formula is C18H19FN2O. The van der Waals surface area contributed by atoms with E-state index < -0.39 is 0 Å². The van der Waals surface area contributed by atoms with E-state index in [1.54, 1.807) is 24.1 Å². The van der Waals surface area contributed by atoms with Crippen LogP contribution >= 0.6 is 0 Å². The van der Waals surface area contributed by atoms with E-state index >= 15 is 0 Å². The van der Waals surface area contributed by atoms with Crippen molar-refractivity contribution >= 4 is 11.6 Å². The summed E-state index contributed by atoms with van der Waals surface area (Å²) in [5, 5.41) is 0. The molecule has 2 aromatic rings. The number of benzene rings is 1. The molecule has 1 aliphatic rings. The average molecular weight is 298 g/mol. The number of amides is 1. The van der Waals surface area contributed by atoms with Crippen LogP contribution < -0.4 is 4.90 Å². The lowest BCUT2D eigenvalue weighted by Gasteiger charge is -2.23. The first-order valence-electron chi connectivity index (χ1n) is 7.55. The first-order chi connectivity index (χ1) is 10.5. The fourth-order valence-electron chi connectivity index (χ4n) is 2.58. The molecule has 3 nitrogen and oxygen atoms in total. The van der Waals surface area contributed by atoms with Gasteiger partial charge in [0.15, 0.2) is 0 Å². The Morgan fingerprint density at radius 3 is 2.73 bits per heavy atom. The molecule has 22 heavy (non-hydrogen) atoms. The van der Waals surface area contributed by atoms with Crippen LogP contribution in [-0.2, 0) is 4.79 Å². The molecule has 1 aromatic carbocycles. The lowest BCUT2D eigenvalue weighted by Crippen LogP contribution is -2.31. The van der Waals surface area contributed by atoms with Crippen LogP contribution in [0, 0.1) is 18.7 Å². The van der Waals surface area contributed by atoms with Gasteiger partial charge in [-0.05, 0) is 49.4 Å². The molecule has 0 saturated heterocycles. The quantitative estimate of drug-likeness (QED) is 0.856. The monoisotopic (exact) mass is 298 g/mol. The molecule has 0 spiro atoms. The second-order valence-corrected chi connectivity index (χ2v) is 5.91. The number of carbonyl (C=O) groups excluding carboxylic acids is 1. The van der Waals surface area contributed by atoms with Crippen LogP contribution in [0.15, 0.2) is 36.5 Å². The number of rotatable bonds is 4. The van der Waals surface area contributed by atoms with Crippen LogP contribution in [0.25, 0.3) is 11.1 Å². The van der Waals surface area contributed by atoms with Crippen LogP contribution in [0.1, 0.15) is 25.5 Å². The van der Waals surface area contributed by atoms with Crippen molar-refractivity contribution < 1.29 is 9.18 Å². The number of hydrogen-bond donors (Lipinski definition) is 0. The minimum absolute atomic E-state index is 0.0215. The summed E-state index contributed by atoms with van der Waals surface area (Å²) in [4.78, 5) is 18.2. The van der Waals surface area contributed by atoms with E-state index in [9.17, 15) is 9.18 Å². The molecular weight excluding hydrogens is 279 g/mol. The highest BCUT2D eigenvalue weighted by Crippen LogP contribution is 2.33. The lowest BCUT2D eigenvalue weighted by molar-refractivity contribution is -0.116. The molecule has 1 heterocycles. The van der Waals surface area contributed by atoms with Crippen LogP contribution in [0.4, 0.5) is 10.1 Å². The standard InChI is InChI=1S/C18H19FN2O/c1-12-18(21(13(2)22)11-14-6-7-14)9-16(10-20-12)15-4-3-5-17(19)8-15/h3-5,8-10,14H,6-7,11H2,1-2H3. The number of carbonyl (C=O) groups is 1. The second-order valence-electron chi connectivity index (χ2n) is 5.91. The molecule has 1 amide bonds. The predicted octanol–water partition coefficient (Wildman–Crippen LogP) is 3.96. The highest BCUT2D eigenvalue weighted by Gasteiger charge is 2.27. The summed E-state index contributed by atoms with van der Waals surface area (Å²) in [6.45, 7) is 4.22. The van der Waals surface area contributed by atoms with Gasteiger partial charge in [-0.2, -0.15) is 0 Å². The topological polar surface area (TPSA) is 33.2 Å². The third-order valence-electron chi connectivity index (χ3n) is 4.03. The molecule has 1 fully saturated rings. The molecule has 3 rings (SSSR count). The Morgan fingerprint density at radius 2 is 2.09 bits per heavy atom. The van der Waals surface area contributed by atoms with Gasteiger partial charge in [-0.3, -0.25) is 9.78 Å². The van der Waals surface area contributed by atoms with Gasteiger partial charge in [0.2, 0.25) is 5.91 Å². The molecule has 1 saturated carbocycles. The molecule has 1 aromatic heterocycles. The zero-order chi connectivity index (χ0) is 15.7. The first kappa shape index (κ1) is 14.7. The Labute approximate surface area is 129 Å². The Balaban J connectivity index is 1.99. The van der Waals surface area contributed by atoms with Crippen molar-refractivity contribution in [2.24, 2.45) is 5.92 Å². The maximum atomic E-state index is 13.4. The van der Waals surface area contributed by atoms with Crippen molar-refractivity contribution in [3.63, 3.8) is 0 Å². The lowest BCUT2D eigenvalue weighted by atomic mass is 10.1. The normalized spacial score (nSPS) is 14.0. The predicted molar refractivity (Wildman–Crippen MR) is 85.1 cm³/mol. The SMILES string of the molecule is CC(=O)N(CC1CC1)c1cc(-c2cccc(F)c2)cnc1C. The summed E-state index contributed by atoms with van der Waals surface area (Å²) in [5.41, 5.74) is 3.22. The number of pyridine rings is 1. The maximum Gasteiger partial charge on any atom is 0.223 e. The third-order valence-corrected chi connectivity index (χ3v) is 4.03. The van der Waals surface area contributed by atoms with Crippen molar-refractivity contribution in [3.05, 3.63) is 48.0 Å². The van der Waals surface area contributed by atoms with E-state index in [0.717, 1.165) is 29.1 Å². The molecule has 1 aliphatic carbocycles. The van der Waals surface area contributed by atoms with Crippen molar-refractivity contribution in [1.29, 1.82) is 0 Å². The summed E-state index contributed by atoms with van der Waals surface area (Å²) >= 11 is 0. The summed E-state index contributed by atoms with van der Waals surface area (Å²) in [6.07, 6.45) is 4.09. The van der Waals surface area contributed by atoms with Gasteiger partial charge in [0.1, 0.15) is 5.82 Å². The van der Waals surface area contributed by atoms with Gasteiger partial charge in [0.25, 0.3) is 0 Å². The molecule has 114 valence electrons. The van der Waals surface area contributed by atoms with E-state index in [4.69, 9.17) is 0 Å². The molecule has 0 aliphatic heterocycles. The van der Waals surface area contributed by atoms with Gasteiger partial charge in [-0.15, -0.1) is 0 Å². The number of hydrogen-bond acceptors (Lipinski definition) is 2. The highest BCUT2D eigenvalue weighted by molar-refractivity contribution is 5.93. The summed E-state index contributed by atoms with van der Waals surface area (Å²) in [7, 11) is 0. The molecule has 0 unspecified atom stereocenters. The van der Waals surface area contributed by atoms with Gasteiger partial charge < -0.3 is 4.90 Å². The van der Waals surface area contributed by atoms with E-state index in [2.05, 4.69) is 4.98 Å². The number of nitrogens with zero attached hydrogens (tertiary/aromatic N) is 2. The fourth-order valence-corrected chi connectivity index (χ4v) is 2.58. The molecule has 4 heteroatoms. The van der Waals surface area contributed by atoms with Crippen molar-refractivity contribution in [2.75, 3.05) is 11.4 Å². The van der Waals surface area contributed by atoms with Crippen molar-refractivity contribution in [3.8, 4) is 11.1 Å². The third kappa shape index (κ3) is 3.16. The first-order valence-corrected chi connectivity index (χ1v) is 7.55. The van der Waals surface area contributed by atoms with Crippen molar-refractivity contribution in [2.45, 2.75) is 26.7 Å². The van der Waals surface area contributed by atoms with Gasteiger partial charge in [0.05, 0.1) is 11.4 Å². The Morgan fingerprint density at radius 1 is 1.32 bits per heavy atom. The summed E-state index contributed by atoms with van der Waals surface area (Å²) < 4.78 is 13.4. The smallest absolute Gasteiger partial charge is 0.223 e. The van der Waals surface area contributed by atoms with Crippen LogP contribution in [0.3, 0.4) is 0 Å². The molecule has 0 N–H and O–H groups in total. The van der Waals surface area contributed by atoms with Crippen LogP contribution in [0.2, 0.25) is 0 Å². The summed E-state index contributed by atoms with van der Waals surface area (Å²) in [5.74, 6) is 0.343. The maximum absolute atomic E-state index is 13.4. The van der Waals surface area contributed by atoms with Gasteiger partial charge >= 0.3 is 0 Å². The Kier molecular flexibility index (Phi) is 3.92. The van der Waals surface area contributed by atoms with E-state index in [0.29, 0.717) is 5.92 Å². The fraction of sp³-hybridized carbons (Fsp3) is 0.333. The largest absolute Gasteiger partial charge is 0.311 e. The molecule has 0 atom stereocenters. The zero-order valence-corrected chi connectivity index (χ0v) is 12.8. The average Bonchev–Trinajstić information content (AvgIpc) is 3.29. The Bertz CT molecular complexity index is 710. The van der Waals surface area contributed by atoms with E-state index in [1.165, 1.54) is 25.0 Å². The van der Waals surface area contributed by atoms with Crippen LogP contribution in [0.5, 0.6) is 0 Å². The number of halogens is 1. The minimum atomic E-state index is -0.277. The van der Waals surface area contributed by atoms with Gasteiger partial charge in [-0.1, -0.05) is 12.1 Å². The molecule has 0 bridgehead atoms. The second kappa shape index (κ2) is 5.87. The number of aryl methyl sites for hydroxylation is 1. The van der Waals surface area contributed by atoms with E-state index in [-0.39, 0.29) is 11.7 Å². The number of anilines is 1. The zero-order valence-electron chi connectivity index (χ0n) is 12.8. The van der Waals surface area contributed by atoms with E-state index in [1.807, 2.05) is 19.1 Å².